The predicted octanol–water partition coefficient (Wildman–Crippen LogP) is 1.13. The first-order valence-corrected chi connectivity index (χ1v) is 5.86. The minimum Gasteiger partial charge on any atom is -0.508 e. The van der Waals surface area contributed by atoms with Crippen molar-refractivity contribution in [1.82, 2.24) is 10.2 Å². The van der Waals surface area contributed by atoms with Crippen LogP contribution in [0.2, 0.25) is 0 Å². The average Bonchev–Trinajstić information content (AvgIpc) is 2.25. The van der Waals surface area contributed by atoms with Gasteiger partial charge in [0.1, 0.15) is 5.75 Å². The summed E-state index contributed by atoms with van der Waals surface area (Å²) in [4.78, 5) is 13.8. The fourth-order valence-electron chi connectivity index (χ4n) is 1.99. The number of para-hydroxylation sites is 1. The monoisotopic (exact) mass is 234 g/mol. The number of aromatic hydroxyl groups is 1. The van der Waals surface area contributed by atoms with E-state index in [4.69, 9.17) is 0 Å². The summed E-state index contributed by atoms with van der Waals surface area (Å²) >= 11 is 0. The lowest BCUT2D eigenvalue weighted by atomic mass is 9.99. The minimum absolute atomic E-state index is 0.0910. The van der Waals surface area contributed by atoms with Crippen molar-refractivity contribution < 1.29 is 9.90 Å². The third kappa shape index (κ3) is 2.26. The Morgan fingerprint density at radius 2 is 2.12 bits per heavy atom. The Morgan fingerprint density at radius 3 is 2.65 bits per heavy atom. The molecule has 1 atom stereocenters. The number of phenolic OH excluding ortho intramolecular Hbond substituents is 1. The Balaban J connectivity index is 2.11. The molecule has 1 aliphatic heterocycles. The molecule has 2 rings (SSSR count). The molecule has 0 radical (unpaired) electrons. The molecular weight excluding hydrogens is 216 g/mol. The molecule has 1 aromatic carbocycles. The van der Waals surface area contributed by atoms with Crippen molar-refractivity contribution >= 4 is 5.91 Å². The van der Waals surface area contributed by atoms with Crippen molar-refractivity contribution in [2.45, 2.75) is 13.0 Å². The van der Waals surface area contributed by atoms with Gasteiger partial charge in [-0.15, -0.1) is 0 Å². The second-order valence-corrected chi connectivity index (χ2v) is 4.54. The second kappa shape index (κ2) is 4.75. The van der Waals surface area contributed by atoms with Gasteiger partial charge in [0.05, 0.1) is 12.0 Å². The maximum atomic E-state index is 12.1. The summed E-state index contributed by atoms with van der Waals surface area (Å²) in [5.41, 5.74) is 0.788. The van der Waals surface area contributed by atoms with E-state index in [-0.39, 0.29) is 23.6 Å². The quantitative estimate of drug-likeness (QED) is 0.824. The first kappa shape index (κ1) is 11.9. The standard InChI is InChI=1S/C13H18N2O2/c1-9(11-5-3-4-6-12(11)16)15(2)13(17)10-7-14-8-10/h3-6,9-10,14,16H,7-8H2,1-2H3. The van der Waals surface area contributed by atoms with Crippen LogP contribution in [0.5, 0.6) is 5.75 Å². The molecule has 92 valence electrons. The van der Waals surface area contributed by atoms with Gasteiger partial charge in [-0.25, -0.2) is 0 Å². The molecule has 17 heavy (non-hydrogen) atoms. The number of nitrogens with zero attached hydrogens (tertiary/aromatic N) is 1. The topological polar surface area (TPSA) is 52.6 Å². The Bertz CT molecular complexity index is 416. The van der Waals surface area contributed by atoms with Crippen LogP contribution < -0.4 is 5.32 Å². The summed E-state index contributed by atoms with van der Waals surface area (Å²) in [6.45, 7) is 3.45. The second-order valence-electron chi connectivity index (χ2n) is 4.54. The molecule has 1 saturated heterocycles. The lowest BCUT2D eigenvalue weighted by Gasteiger charge is -2.33. The Hall–Kier alpha value is -1.55. The van der Waals surface area contributed by atoms with Gasteiger partial charge in [0.2, 0.25) is 5.91 Å². The van der Waals surface area contributed by atoms with Crippen LogP contribution in [0.3, 0.4) is 0 Å². The maximum absolute atomic E-state index is 12.1. The third-order valence-corrected chi connectivity index (χ3v) is 3.45. The first-order chi connectivity index (χ1) is 8.11. The highest BCUT2D eigenvalue weighted by molar-refractivity contribution is 5.80. The number of carbonyl (C=O) groups is 1. The van der Waals surface area contributed by atoms with Gasteiger partial charge in [-0.2, -0.15) is 0 Å². The zero-order valence-electron chi connectivity index (χ0n) is 10.2. The largest absolute Gasteiger partial charge is 0.508 e. The molecule has 4 heteroatoms. The van der Waals surface area contributed by atoms with E-state index in [1.807, 2.05) is 19.1 Å². The summed E-state index contributed by atoms with van der Waals surface area (Å²) < 4.78 is 0. The highest BCUT2D eigenvalue weighted by Gasteiger charge is 2.30. The Morgan fingerprint density at radius 1 is 1.47 bits per heavy atom. The predicted molar refractivity (Wildman–Crippen MR) is 65.7 cm³/mol. The SMILES string of the molecule is CC(c1ccccc1O)N(C)C(=O)C1CNC1. The zero-order chi connectivity index (χ0) is 12.4. The fraction of sp³-hybridized carbons (Fsp3) is 0.462. The van der Waals surface area contributed by atoms with Crippen molar-refractivity contribution in [3.63, 3.8) is 0 Å². The van der Waals surface area contributed by atoms with E-state index in [0.29, 0.717) is 0 Å². The molecule has 1 amide bonds. The number of amides is 1. The summed E-state index contributed by atoms with van der Waals surface area (Å²) in [5.74, 6) is 0.471. The summed E-state index contributed by atoms with van der Waals surface area (Å²) in [7, 11) is 1.79. The van der Waals surface area contributed by atoms with E-state index in [0.717, 1.165) is 18.7 Å². The van der Waals surface area contributed by atoms with Crippen LogP contribution in [0.1, 0.15) is 18.5 Å². The van der Waals surface area contributed by atoms with Crippen molar-refractivity contribution in [2.24, 2.45) is 5.92 Å². The highest BCUT2D eigenvalue weighted by Crippen LogP contribution is 2.28. The molecule has 1 unspecified atom stereocenters. The van der Waals surface area contributed by atoms with Crippen molar-refractivity contribution in [3.8, 4) is 5.75 Å². The first-order valence-electron chi connectivity index (χ1n) is 5.86. The smallest absolute Gasteiger partial charge is 0.228 e. The van der Waals surface area contributed by atoms with Gasteiger partial charge in [0, 0.05) is 25.7 Å². The number of carbonyl (C=O) groups excluding carboxylic acids is 1. The molecular formula is C13H18N2O2. The van der Waals surface area contributed by atoms with Crippen molar-refractivity contribution in [2.75, 3.05) is 20.1 Å². The van der Waals surface area contributed by atoms with E-state index in [2.05, 4.69) is 5.32 Å². The molecule has 1 aliphatic rings. The highest BCUT2D eigenvalue weighted by atomic mass is 16.3. The van der Waals surface area contributed by atoms with Crippen LogP contribution in [0.25, 0.3) is 0 Å². The van der Waals surface area contributed by atoms with Gasteiger partial charge >= 0.3 is 0 Å². The number of benzene rings is 1. The van der Waals surface area contributed by atoms with Crippen molar-refractivity contribution in [1.29, 1.82) is 0 Å². The van der Waals surface area contributed by atoms with Gasteiger partial charge in [-0.1, -0.05) is 18.2 Å². The van der Waals surface area contributed by atoms with Gasteiger partial charge in [0.15, 0.2) is 0 Å². The lowest BCUT2D eigenvalue weighted by Crippen LogP contribution is -2.51. The Kier molecular flexibility index (Phi) is 3.33. The number of hydrogen-bond donors (Lipinski definition) is 2. The van der Waals surface area contributed by atoms with Gasteiger partial charge in [-0.3, -0.25) is 4.79 Å². The lowest BCUT2D eigenvalue weighted by molar-refractivity contribution is -0.137. The molecule has 1 fully saturated rings. The fourth-order valence-corrected chi connectivity index (χ4v) is 1.99. The number of nitrogens with one attached hydrogen (secondary N) is 1. The van der Waals surface area contributed by atoms with Crippen LogP contribution in [0.15, 0.2) is 24.3 Å². The average molecular weight is 234 g/mol. The van der Waals surface area contributed by atoms with Gasteiger partial charge in [0.25, 0.3) is 0 Å². The number of hydrogen-bond acceptors (Lipinski definition) is 3. The minimum atomic E-state index is -0.107. The molecule has 0 aromatic heterocycles. The van der Waals surface area contributed by atoms with Gasteiger partial charge in [-0.05, 0) is 13.0 Å². The third-order valence-electron chi connectivity index (χ3n) is 3.45. The molecule has 0 bridgehead atoms. The maximum Gasteiger partial charge on any atom is 0.228 e. The summed E-state index contributed by atoms with van der Waals surface area (Å²) in [6.07, 6.45) is 0. The van der Waals surface area contributed by atoms with Crippen molar-refractivity contribution in [3.05, 3.63) is 29.8 Å². The van der Waals surface area contributed by atoms with E-state index >= 15 is 0 Å². The van der Waals surface area contributed by atoms with E-state index in [9.17, 15) is 9.90 Å². The molecule has 1 heterocycles. The zero-order valence-corrected chi connectivity index (χ0v) is 10.2. The van der Waals surface area contributed by atoms with E-state index in [1.54, 1.807) is 24.1 Å². The van der Waals surface area contributed by atoms with Crippen LogP contribution >= 0.6 is 0 Å². The van der Waals surface area contributed by atoms with Gasteiger partial charge < -0.3 is 15.3 Å². The summed E-state index contributed by atoms with van der Waals surface area (Å²) in [6, 6.07) is 7.04. The Labute approximate surface area is 101 Å². The normalized spacial score (nSPS) is 17.3. The van der Waals surface area contributed by atoms with E-state index < -0.39 is 0 Å². The number of phenols is 1. The molecule has 4 nitrogen and oxygen atoms in total. The van der Waals surface area contributed by atoms with Crippen LogP contribution in [-0.4, -0.2) is 36.1 Å². The number of rotatable bonds is 3. The van der Waals surface area contributed by atoms with E-state index in [1.165, 1.54) is 0 Å². The summed E-state index contributed by atoms with van der Waals surface area (Å²) in [5, 5.41) is 12.9. The molecule has 0 aliphatic carbocycles. The molecule has 2 N–H and O–H groups in total. The molecule has 0 saturated carbocycles. The molecule has 1 aromatic rings. The molecule has 0 spiro atoms. The van der Waals surface area contributed by atoms with Crippen LogP contribution in [-0.2, 0) is 4.79 Å². The van der Waals surface area contributed by atoms with Crippen LogP contribution in [0.4, 0.5) is 0 Å². The van der Waals surface area contributed by atoms with Crippen LogP contribution in [0, 0.1) is 5.92 Å².